The van der Waals surface area contributed by atoms with Crippen molar-refractivity contribution in [2.24, 2.45) is 0 Å². The molecule has 1 heterocycles. The third-order valence-electron chi connectivity index (χ3n) is 2.37. The van der Waals surface area contributed by atoms with Crippen molar-refractivity contribution >= 4 is 27.0 Å². The van der Waals surface area contributed by atoms with Crippen molar-refractivity contribution in [1.82, 2.24) is 0 Å². The normalized spacial score (nSPS) is 11.1. The van der Waals surface area contributed by atoms with Gasteiger partial charge in [0, 0.05) is 26.6 Å². The maximum atomic E-state index is 9.05. The predicted octanol–water partition coefficient (Wildman–Crippen LogP) is 3.64. The minimum Gasteiger partial charge on any atom is -0.193 e. The van der Waals surface area contributed by atoms with Gasteiger partial charge in [0.05, 0.1) is 11.6 Å². The van der Waals surface area contributed by atoms with Gasteiger partial charge in [0.1, 0.15) is 6.07 Å². The first-order valence-electron chi connectivity index (χ1n) is 4.76. The van der Waals surface area contributed by atoms with Gasteiger partial charge < -0.3 is 0 Å². The average molecular weight is 224 g/mol. The van der Waals surface area contributed by atoms with Crippen LogP contribution in [0.1, 0.15) is 10.4 Å². The van der Waals surface area contributed by atoms with Crippen LogP contribution in [0.4, 0.5) is 0 Å². The first kappa shape index (κ1) is 10.4. The maximum Gasteiger partial charge on any atom is 0.101 e. The molecule has 0 fully saturated rings. The van der Waals surface area contributed by atoms with E-state index in [2.05, 4.69) is 6.07 Å². The van der Waals surface area contributed by atoms with E-state index >= 15 is 0 Å². The molecule has 0 saturated heterocycles. The van der Waals surface area contributed by atoms with Crippen molar-refractivity contribution in [3.63, 3.8) is 0 Å². The lowest BCUT2D eigenvalue weighted by Crippen LogP contribution is -1.81. The van der Waals surface area contributed by atoms with Gasteiger partial charge in [-0.25, -0.2) is 0 Å². The fourth-order valence-electron chi connectivity index (χ4n) is 1.73. The summed E-state index contributed by atoms with van der Waals surface area (Å²) in [4.78, 5) is 1.07. The third-order valence-corrected chi connectivity index (χ3v) is 3.46. The van der Waals surface area contributed by atoms with Crippen molar-refractivity contribution in [2.75, 3.05) is 0 Å². The van der Waals surface area contributed by atoms with Gasteiger partial charge in [0.2, 0.25) is 0 Å². The topological polar surface area (TPSA) is 47.6 Å². The fourth-order valence-corrected chi connectivity index (χ4v) is 2.81. The average Bonchev–Trinajstić information content (AvgIpc) is 2.62. The summed E-state index contributed by atoms with van der Waals surface area (Å²) < 4.78 is 1.15. The second kappa shape index (κ2) is 4.18. The molecule has 0 bridgehead atoms. The van der Waals surface area contributed by atoms with E-state index in [1.165, 1.54) is 6.08 Å². The van der Waals surface area contributed by atoms with E-state index in [1.807, 2.05) is 37.3 Å². The SMILES string of the molecule is Cc1sc2ccccc2c1C(C#N)=CC#N. The van der Waals surface area contributed by atoms with Crippen LogP contribution in [0.2, 0.25) is 0 Å². The van der Waals surface area contributed by atoms with E-state index in [-0.39, 0.29) is 0 Å². The molecule has 16 heavy (non-hydrogen) atoms. The molecule has 76 valence electrons. The largest absolute Gasteiger partial charge is 0.193 e. The molecule has 0 spiro atoms. The highest BCUT2D eigenvalue weighted by Gasteiger charge is 2.12. The molecule has 0 saturated carbocycles. The Morgan fingerprint density at radius 2 is 2.06 bits per heavy atom. The Balaban J connectivity index is 2.79. The summed E-state index contributed by atoms with van der Waals surface area (Å²) in [5, 5.41) is 18.8. The lowest BCUT2D eigenvalue weighted by Gasteiger charge is -1.96. The van der Waals surface area contributed by atoms with Crippen LogP contribution in [0.3, 0.4) is 0 Å². The Morgan fingerprint density at radius 3 is 2.75 bits per heavy atom. The fraction of sp³-hybridized carbons (Fsp3) is 0.0769. The number of hydrogen-bond acceptors (Lipinski definition) is 3. The number of allylic oxidation sites excluding steroid dienone is 2. The smallest absolute Gasteiger partial charge is 0.101 e. The Hall–Kier alpha value is -2.10. The number of fused-ring (bicyclic) bond motifs is 1. The Bertz CT molecular complexity index is 651. The van der Waals surface area contributed by atoms with Crippen LogP contribution in [0.5, 0.6) is 0 Å². The van der Waals surface area contributed by atoms with Crippen LogP contribution < -0.4 is 0 Å². The minimum atomic E-state index is 0.442. The molecule has 1 aromatic carbocycles. The summed E-state index contributed by atoms with van der Waals surface area (Å²) in [6.45, 7) is 1.97. The number of rotatable bonds is 1. The monoisotopic (exact) mass is 224 g/mol. The molecule has 3 heteroatoms. The molecule has 0 aliphatic carbocycles. The van der Waals surface area contributed by atoms with E-state index in [0.717, 1.165) is 20.5 Å². The van der Waals surface area contributed by atoms with E-state index in [4.69, 9.17) is 10.5 Å². The van der Waals surface area contributed by atoms with Gasteiger partial charge in [-0.3, -0.25) is 0 Å². The molecule has 0 aliphatic rings. The van der Waals surface area contributed by atoms with Crippen molar-refractivity contribution in [3.8, 4) is 12.1 Å². The molecule has 0 radical (unpaired) electrons. The highest BCUT2D eigenvalue weighted by Crippen LogP contribution is 2.34. The van der Waals surface area contributed by atoms with Crippen LogP contribution >= 0.6 is 11.3 Å². The first-order valence-corrected chi connectivity index (χ1v) is 5.58. The highest BCUT2D eigenvalue weighted by atomic mass is 32.1. The van der Waals surface area contributed by atoms with Gasteiger partial charge >= 0.3 is 0 Å². The van der Waals surface area contributed by atoms with Gasteiger partial charge in [0.25, 0.3) is 0 Å². The summed E-state index contributed by atoms with van der Waals surface area (Å²) in [5.74, 6) is 0. The Kier molecular flexibility index (Phi) is 2.72. The third kappa shape index (κ3) is 1.58. The molecule has 0 N–H and O–H groups in total. The zero-order chi connectivity index (χ0) is 11.5. The number of benzene rings is 1. The molecular formula is C13H8N2S. The molecule has 2 aromatic rings. The van der Waals surface area contributed by atoms with Crippen LogP contribution in [-0.2, 0) is 0 Å². The van der Waals surface area contributed by atoms with E-state index in [1.54, 1.807) is 11.3 Å². The van der Waals surface area contributed by atoms with E-state index in [0.29, 0.717) is 5.57 Å². The molecule has 1 aromatic heterocycles. The van der Waals surface area contributed by atoms with Gasteiger partial charge in [-0.2, -0.15) is 10.5 Å². The van der Waals surface area contributed by atoms with Crippen LogP contribution in [0, 0.1) is 29.6 Å². The molecule has 0 atom stereocenters. The zero-order valence-corrected chi connectivity index (χ0v) is 9.51. The van der Waals surface area contributed by atoms with Gasteiger partial charge in [-0.15, -0.1) is 11.3 Å². The van der Waals surface area contributed by atoms with E-state index < -0.39 is 0 Å². The molecule has 0 amide bonds. The number of nitriles is 2. The second-order valence-corrected chi connectivity index (χ2v) is 4.58. The van der Waals surface area contributed by atoms with Gasteiger partial charge in [0.15, 0.2) is 0 Å². The lowest BCUT2D eigenvalue weighted by molar-refractivity contribution is 1.50. The maximum absolute atomic E-state index is 9.05. The highest BCUT2D eigenvalue weighted by molar-refractivity contribution is 7.19. The molecule has 2 nitrogen and oxygen atoms in total. The van der Waals surface area contributed by atoms with E-state index in [9.17, 15) is 0 Å². The quantitative estimate of drug-likeness (QED) is 0.694. The van der Waals surface area contributed by atoms with Crippen molar-refractivity contribution < 1.29 is 0 Å². The summed E-state index contributed by atoms with van der Waals surface area (Å²) in [6.07, 6.45) is 1.31. The number of thiophene rings is 1. The minimum absolute atomic E-state index is 0.442. The standard InChI is InChI=1S/C13H8N2S/c1-9-13(10(8-15)6-7-14)11-4-2-3-5-12(11)16-9/h2-6H,1H3. The van der Waals surface area contributed by atoms with Crippen molar-refractivity contribution in [2.45, 2.75) is 6.92 Å². The van der Waals surface area contributed by atoms with Crippen molar-refractivity contribution in [3.05, 3.63) is 40.8 Å². The van der Waals surface area contributed by atoms with Gasteiger partial charge in [-0.1, -0.05) is 18.2 Å². The molecule has 0 aliphatic heterocycles. The van der Waals surface area contributed by atoms with Crippen molar-refractivity contribution in [1.29, 1.82) is 10.5 Å². The Labute approximate surface area is 97.7 Å². The summed E-state index contributed by atoms with van der Waals surface area (Å²) >= 11 is 1.65. The summed E-state index contributed by atoms with van der Waals surface area (Å²) in [7, 11) is 0. The number of hydrogen-bond donors (Lipinski definition) is 0. The Morgan fingerprint density at radius 1 is 1.31 bits per heavy atom. The molecular weight excluding hydrogens is 216 g/mol. The summed E-state index contributed by atoms with van der Waals surface area (Å²) in [6, 6.07) is 11.9. The van der Waals surface area contributed by atoms with Gasteiger partial charge in [-0.05, 0) is 13.0 Å². The van der Waals surface area contributed by atoms with Crippen LogP contribution in [-0.4, -0.2) is 0 Å². The number of nitrogens with zero attached hydrogens (tertiary/aromatic N) is 2. The first-order chi connectivity index (χ1) is 7.77. The lowest BCUT2D eigenvalue weighted by atomic mass is 10.0. The second-order valence-electron chi connectivity index (χ2n) is 3.33. The van der Waals surface area contributed by atoms with Crippen LogP contribution in [0.25, 0.3) is 15.7 Å². The zero-order valence-electron chi connectivity index (χ0n) is 8.69. The summed E-state index contributed by atoms with van der Waals surface area (Å²) in [5.41, 5.74) is 1.34. The molecule has 2 rings (SSSR count). The molecule has 0 unspecified atom stereocenters. The predicted molar refractivity (Wildman–Crippen MR) is 65.8 cm³/mol. The number of aryl methyl sites for hydroxylation is 1. The van der Waals surface area contributed by atoms with Crippen LogP contribution in [0.15, 0.2) is 30.3 Å².